The zero-order valence-electron chi connectivity index (χ0n) is 8.50. The van der Waals surface area contributed by atoms with Crippen molar-refractivity contribution in [2.75, 3.05) is 13.2 Å². The predicted octanol–water partition coefficient (Wildman–Crippen LogP) is 1.98. The van der Waals surface area contributed by atoms with Crippen LogP contribution in [0.4, 0.5) is 0 Å². The Kier molecular flexibility index (Phi) is 2.55. The van der Waals surface area contributed by atoms with Gasteiger partial charge in [-0.05, 0) is 35.8 Å². The van der Waals surface area contributed by atoms with Crippen LogP contribution in [0.15, 0.2) is 29.6 Å². The van der Waals surface area contributed by atoms with Gasteiger partial charge in [0.1, 0.15) is 24.2 Å². The summed E-state index contributed by atoms with van der Waals surface area (Å²) in [6.45, 7) is 1.46. The first-order valence-corrected chi connectivity index (χ1v) is 5.87. The van der Waals surface area contributed by atoms with Crippen molar-refractivity contribution < 1.29 is 9.47 Å². The van der Waals surface area contributed by atoms with Crippen molar-refractivity contribution in [2.24, 2.45) is 0 Å². The minimum atomic E-state index is 0.294. The zero-order chi connectivity index (χ0) is 10.8. The number of ether oxygens (including phenoxy) is 2. The minimum absolute atomic E-state index is 0.294. The van der Waals surface area contributed by atoms with E-state index in [0.29, 0.717) is 12.7 Å². The summed E-state index contributed by atoms with van der Waals surface area (Å²) < 4.78 is 14.4. The third-order valence-electron chi connectivity index (χ3n) is 2.35. The molecule has 0 spiro atoms. The number of aromatic nitrogens is 2. The lowest BCUT2D eigenvalue weighted by Gasteiger charge is -2.04. The smallest absolute Gasteiger partial charge is 0.119 e. The lowest BCUT2D eigenvalue weighted by atomic mass is 10.2. The Balaban J connectivity index is 1.69. The first kappa shape index (κ1) is 9.74. The van der Waals surface area contributed by atoms with Gasteiger partial charge in [-0.15, -0.1) is 5.10 Å². The maximum absolute atomic E-state index is 5.54. The number of hydrogen-bond acceptors (Lipinski definition) is 5. The van der Waals surface area contributed by atoms with E-state index in [0.717, 1.165) is 23.6 Å². The highest BCUT2D eigenvalue weighted by Gasteiger charge is 2.22. The predicted molar refractivity (Wildman–Crippen MR) is 60.6 cm³/mol. The lowest BCUT2D eigenvalue weighted by Crippen LogP contribution is -2.03. The molecule has 1 saturated heterocycles. The number of nitrogens with zero attached hydrogens (tertiary/aromatic N) is 2. The molecule has 82 valence electrons. The molecule has 1 atom stereocenters. The van der Waals surface area contributed by atoms with E-state index < -0.39 is 0 Å². The summed E-state index contributed by atoms with van der Waals surface area (Å²) in [5.74, 6) is 0.863. The minimum Gasteiger partial charge on any atom is -0.491 e. The molecule has 5 heteroatoms. The summed E-state index contributed by atoms with van der Waals surface area (Å²) in [4.78, 5) is 0. The third-order valence-corrected chi connectivity index (χ3v) is 2.85. The van der Waals surface area contributed by atoms with Gasteiger partial charge in [0.15, 0.2) is 0 Å². The van der Waals surface area contributed by atoms with Gasteiger partial charge in [0, 0.05) is 10.9 Å². The van der Waals surface area contributed by atoms with Crippen molar-refractivity contribution in [3.05, 3.63) is 29.6 Å². The molecule has 1 aliphatic heterocycles. The SMILES string of the molecule is c1cc(-c2csnn2)ccc1OC[C@H]1CO1. The molecule has 1 aromatic carbocycles. The molecule has 4 nitrogen and oxygen atoms in total. The van der Waals surface area contributed by atoms with E-state index in [4.69, 9.17) is 9.47 Å². The van der Waals surface area contributed by atoms with Crippen LogP contribution in [0.2, 0.25) is 0 Å². The molecule has 0 unspecified atom stereocenters. The second kappa shape index (κ2) is 4.19. The summed E-state index contributed by atoms with van der Waals surface area (Å²) in [5.41, 5.74) is 1.96. The van der Waals surface area contributed by atoms with Crippen molar-refractivity contribution >= 4 is 11.5 Å². The summed E-state index contributed by atoms with van der Waals surface area (Å²) in [5, 5.41) is 5.93. The standard InChI is InChI=1S/C11H10N2O2S/c1-3-9(14-5-10-6-15-10)4-2-8(1)11-7-16-13-12-11/h1-4,7,10H,5-6H2/t10-/m0/s1. The van der Waals surface area contributed by atoms with E-state index in [1.165, 1.54) is 11.5 Å². The van der Waals surface area contributed by atoms with E-state index in [9.17, 15) is 0 Å². The fourth-order valence-corrected chi connectivity index (χ4v) is 1.83. The normalized spacial score (nSPS) is 18.4. The van der Waals surface area contributed by atoms with E-state index in [2.05, 4.69) is 9.59 Å². The lowest BCUT2D eigenvalue weighted by molar-refractivity contribution is 0.263. The maximum atomic E-state index is 5.54. The molecule has 3 rings (SSSR count). The Morgan fingerprint density at radius 2 is 2.19 bits per heavy atom. The highest BCUT2D eigenvalue weighted by molar-refractivity contribution is 7.03. The summed E-state index contributed by atoms with van der Waals surface area (Å²) in [6, 6.07) is 7.85. The van der Waals surface area contributed by atoms with E-state index in [-0.39, 0.29) is 0 Å². The van der Waals surface area contributed by atoms with Gasteiger partial charge >= 0.3 is 0 Å². The maximum Gasteiger partial charge on any atom is 0.119 e. The van der Waals surface area contributed by atoms with Gasteiger partial charge < -0.3 is 9.47 Å². The average Bonchev–Trinajstić information content (AvgIpc) is 3.00. The molecule has 0 aliphatic carbocycles. The molecule has 2 aromatic rings. The Labute approximate surface area is 97.0 Å². The average molecular weight is 234 g/mol. The summed E-state index contributed by atoms with van der Waals surface area (Å²) in [7, 11) is 0. The summed E-state index contributed by atoms with van der Waals surface area (Å²) >= 11 is 1.35. The van der Waals surface area contributed by atoms with Crippen LogP contribution < -0.4 is 4.74 Å². The molecule has 16 heavy (non-hydrogen) atoms. The Bertz CT molecular complexity index is 451. The second-order valence-corrected chi connectivity index (χ2v) is 4.19. The Morgan fingerprint density at radius 3 is 2.81 bits per heavy atom. The largest absolute Gasteiger partial charge is 0.491 e. The Hall–Kier alpha value is -1.46. The van der Waals surface area contributed by atoms with Gasteiger partial charge in [0.05, 0.1) is 6.61 Å². The molecule has 0 N–H and O–H groups in total. The molecular formula is C11H10N2O2S. The molecule has 1 fully saturated rings. The number of rotatable bonds is 4. The van der Waals surface area contributed by atoms with Crippen LogP contribution in [0.1, 0.15) is 0 Å². The molecule has 1 aromatic heterocycles. The number of hydrogen-bond donors (Lipinski definition) is 0. The molecule has 0 radical (unpaired) electrons. The van der Waals surface area contributed by atoms with Crippen LogP contribution in [-0.4, -0.2) is 28.9 Å². The molecule has 0 saturated carbocycles. The topological polar surface area (TPSA) is 47.5 Å². The fraction of sp³-hybridized carbons (Fsp3) is 0.273. The van der Waals surface area contributed by atoms with Gasteiger partial charge in [-0.2, -0.15) is 0 Å². The Morgan fingerprint density at radius 1 is 1.38 bits per heavy atom. The quantitative estimate of drug-likeness (QED) is 0.759. The van der Waals surface area contributed by atoms with Crippen LogP contribution in [-0.2, 0) is 4.74 Å². The highest BCUT2D eigenvalue weighted by Crippen LogP contribution is 2.22. The zero-order valence-corrected chi connectivity index (χ0v) is 9.31. The third kappa shape index (κ3) is 2.20. The van der Waals surface area contributed by atoms with Crippen LogP contribution in [0.5, 0.6) is 5.75 Å². The van der Waals surface area contributed by atoms with Gasteiger partial charge in [0.2, 0.25) is 0 Å². The van der Waals surface area contributed by atoms with Crippen molar-refractivity contribution in [3.63, 3.8) is 0 Å². The van der Waals surface area contributed by atoms with Crippen molar-refractivity contribution in [1.82, 2.24) is 9.59 Å². The second-order valence-electron chi connectivity index (χ2n) is 3.58. The van der Waals surface area contributed by atoms with Crippen LogP contribution in [0.3, 0.4) is 0 Å². The van der Waals surface area contributed by atoms with Crippen molar-refractivity contribution in [2.45, 2.75) is 6.10 Å². The van der Waals surface area contributed by atoms with Crippen LogP contribution in [0.25, 0.3) is 11.3 Å². The van der Waals surface area contributed by atoms with E-state index >= 15 is 0 Å². The molecule has 2 heterocycles. The van der Waals surface area contributed by atoms with E-state index in [1.54, 1.807) is 0 Å². The molecule has 0 bridgehead atoms. The van der Waals surface area contributed by atoms with Gasteiger partial charge in [-0.1, -0.05) is 4.49 Å². The first-order chi connectivity index (χ1) is 7.92. The van der Waals surface area contributed by atoms with Crippen LogP contribution in [0, 0.1) is 0 Å². The van der Waals surface area contributed by atoms with Crippen molar-refractivity contribution in [1.29, 1.82) is 0 Å². The number of epoxide rings is 1. The van der Waals surface area contributed by atoms with Gasteiger partial charge in [-0.3, -0.25) is 0 Å². The van der Waals surface area contributed by atoms with Gasteiger partial charge in [0.25, 0.3) is 0 Å². The first-order valence-electron chi connectivity index (χ1n) is 5.04. The number of benzene rings is 1. The fourth-order valence-electron chi connectivity index (χ4n) is 1.37. The van der Waals surface area contributed by atoms with Gasteiger partial charge in [-0.25, -0.2) is 0 Å². The van der Waals surface area contributed by atoms with Crippen molar-refractivity contribution in [3.8, 4) is 17.0 Å². The summed E-state index contributed by atoms with van der Waals surface area (Å²) in [6.07, 6.45) is 0.294. The molecule has 0 amide bonds. The monoisotopic (exact) mass is 234 g/mol. The molecule has 1 aliphatic rings. The molecular weight excluding hydrogens is 224 g/mol. The van der Waals surface area contributed by atoms with Crippen LogP contribution >= 0.6 is 11.5 Å². The highest BCUT2D eigenvalue weighted by atomic mass is 32.1. The van der Waals surface area contributed by atoms with E-state index in [1.807, 2.05) is 29.6 Å².